The van der Waals surface area contributed by atoms with Crippen molar-refractivity contribution in [1.82, 2.24) is 9.88 Å². The highest BCUT2D eigenvalue weighted by molar-refractivity contribution is 5.95. The summed E-state index contributed by atoms with van der Waals surface area (Å²) in [5, 5.41) is 0. The van der Waals surface area contributed by atoms with E-state index in [-0.39, 0.29) is 11.7 Å². The van der Waals surface area contributed by atoms with E-state index in [1.54, 1.807) is 30.3 Å². The van der Waals surface area contributed by atoms with E-state index >= 15 is 0 Å². The second-order valence-electron chi connectivity index (χ2n) is 7.10. The summed E-state index contributed by atoms with van der Waals surface area (Å²) < 4.78 is 5.81. The van der Waals surface area contributed by atoms with Crippen LogP contribution >= 0.6 is 0 Å². The Hall–Kier alpha value is -3.35. The molecule has 8 heteroatoms. The Labute approximate surface area is 174 Å². The highest BCUT2D eigenvalue weighted by Gasteiger charge is 2.27. The number of fused-ring (bicyclic) bond motifs is 1. The SMILES string of the molecule is COOC(=C=O)c1ccccc1N1CCOc2cc(C(=O)N3CCCCC3)cnc21. The van der Waals surface area contributed by atoms with Crippen LogP contribution in [0.2, 0.25) is 0 Å². The van der Waals surface area contributed by atoms with Crippen molar-refractivity contribution in [3.63, 3.8) is 0 Å². The van der Waals surface area contributed by atoms with Crippen molar-refractivity contribution in [3.05, 3.63) is 47.7 Å². The van der Waals surface area contributed by atoms with Gasteiger partial charge in [-0.25, -0.2) is 9.78 Å². The molecule has 2 aliphatic heterocycles. The molecule has 30 heavy (non-hydrogen) atoms. The molecule has 1 amide bonds. The zero-order valence-electron chi connectivity index (χ0n) is 16.8. The molecule has 1 fully saturated rings. The number of hydrogen-bond donors (Lipinski definition) is 0. The van der Waals surface area contributed by atoms with Crippen LogP contribution in [0.25, 0.3) is 5.76 Å². The zero-order valence-corrected chi connectivity index (χ0v) is 16.8. The molecule has 0 N–H and O–H groups in total. The molecule has 0 atom stereocenters. The Morgan fingerprint density at radius 1 is 1.17 bits per heavy atom. The van der Waals surface area contributed by atoms with Gasteiger partial charge in [-0.3, -0.25) is 4.79 Å². The maximum absolute atomic E-state index is 12.8. The van der Waals surface area contributed by atoms with Crippen molar-refractivity contribution < 1.29 is 24.1 Å². The van der Waals surface area contributed by atoms with Crippen LogP contribution in [0.1, 0.15) is 35.2 Å². The number of carbonyl (C=O) groups is 1. The Morgan fingerprint density at radius 2 is 1.97 bits per heavy atom. The quantitative estimate of drug-likeness (QED) is 0.325. The third-order valence-corrected chi connectivity index (χ3v) is 5.25. The normalized spacial score (nSPS) is 15.6. The Morgan fingerprint density at radius 3 is 2.73 bits per heavy atom. The molecule has 2 aliphatic rings. The van der Waals surface area contributed by atoms with Gasteiger partial charge < -0.3 is 19.4 Å². The number of anilines is 2. The molecule has 2 aromatic rings. The average molecular weight is 409 g/mol. The van der Waals surface area contributed by atoms with E-state index in [0.29, 0.717) is 41.5 Å². The van der Waals surface area contributed by atoms with Crippen molar-refractivity contribution in [2.45, 2.75) is 19.3 Å². The molecule has 1 saturated heterocycles. The molecule has 3 heterocycles. The second-order valence-corrected chi connectivity index (χ2v) is 7.10. The van der Waals surface area contributed by atoms with E-state index in [2.05, 4.69) is 9.87 Å². The number of carbonyl (C=O) groups excluding carboxylic acids is 2. The van der Waals surface area contributed by atoms with E-state index in [9.17, 15) is 9.59 Å². The number of nitrogens with zero attached hydrogens (tertiary/aromatic N) is 3. The smallest absolute Gasteiger partial charge is 0.257 e. The van der Waals surface area contributed by atoms with Crippen LogP contribution in [0, 0.1) is 0 Å². The van der Waals surface area contributed by atoms with Crippen molar-refractivity contribution in [2.24, 2.45) is 0 Å². The summed E-state index contributed by atoms with van der Waals surface area (Å²) in [6.45, 7) is 2.48. The molecular formula is C22H23N3O5. The van der Waals surface area contributed by atoms with Gasteiger partial charge in [-0.15, -0.1) is 0 Å². The number of hydrogen-bond acceptors (Lipinski definition) is 7. The van der Waals surface area contributed by atoms with Gasteiger partial charge in [0.2, 0.25) is 0 Å². The number of pyridine rings is 1. The molecule has 0 spiro atoms. The molecule has 4 rings (SSSR count). The molecule has 0 unspecified atom stereocenters. The number of amides is 1. The molecule has 0 saturated carbocycles. The fraction of sp³-hybridized carbons (Fsp3) is 0.364. The minimum atomic E-state index is -0.0574. The molecule has 0 radical (unpaired) electrons. The first kappa shape index (κ1) is 19.9. The van der Waals surface area contributed by atoms with E-state index in [1.807, 2.05) is 21.9 Å². The fourth-order valence-electron chi connectivity index (χ4n) is 3.83. The summed E-state index contributed by atoms with van der Waals surface area (Å²) in [5.74, 6) is 2.80. The summed E-state index contributed by atoms with van der Waals surface area (Å²) in [4.78, 5) is 42.2. The van der Waals surface area contributed by atoms with Crippen LogP contribution in [0.4, 0.5) is 11.5 Å². The number of piperidine rings is 1. The van der Waals surface area contributed by atoms with E-state index in [1.165, 1.54) is 7.11 Å². The number of benzene rings is 1. The first-order chi connectivity index (χ1) is 14.7. The van der Waals surface area contributed by atoms with Crippen LogP contribution in [0.5, 0.6) is 5.75 Å². The maximum Gasteiger partial charge on any atom is 0.257 e. The molecule has 156 valence electrons. The van der Waals surface area contributed by atoms with Gasteiger partial charge in [0.25, 0.3) is 11.7 Å². The third kappa shape index (κ3) is 3.87. The minimum Gasteiger partial charge on any atom is -0.488 e. The number of aromatic nitrogens is 1. The summed E-state index contributed by atoms with van der Waals surface area (Å²) in [7, 11) is 1.33. The van der Waals surface area contributed by atoms with Gasteiger partial charge in [-0.2, -0.15) is 4.89 Å². The summed E-state index contributed by atoms with van der Waals surface area (Å²) in [6, 6.07) is 9.01. The summed E-state index contributed by atoms with van der Waals surface area (Å²) in [6.07, 6.45) is 4.80. The van der Waals surface area contributed by atoms with Gasteiger partial charge >= 0.3 is 0 Å². The van der Waals surface area contributed by atoms with Crippen LogP contribution in [0.15, 0.2) is 36.5 Å². The number of ether oxygens (including phenoxy) is 1. The highest BCUT2D eigenvalue weighted by Crippen LogP contribution is 2.38. The van der Waals surface area contributed by atoms with Gasteiger partial charge in [-0.05, 0) is 37.5 Å². The third-order valence-electron chi connectivity index (χ3n) is 5.25. The lowest BCUT2D eigenvalue weighted by Crippen LogP contribution is -2.36. The maximum atomic E-state index is 12.8. The molecule has 0 aliphatic carbocycles. The van der Waals surface area contributed by atoms with Crippen molar-refractivity contribution in [1.29, 1.82) is 0 Å². The number of para-hydroxylation sites is 1. The zero-order chi connectivity index (χ0) is 20.9. The Bertz CT molecular complexity index is 980. The van der Waals surface area contributed by atoms with E-state index in [4.69, 9.17) is 9.62 Å². The first-order valence-corrected chi connectivity index (χ1v) is 9.97. The number of rotatable bonds is 5. The van der Waals surface area contributed by atoms with Crippen LogP contribution in [-0.4, -0.2) is 55.1 Å². The average Bonchev–Trinajstić information content (AvgIpc) is 2.82. The van der Waals surface area contributed by atoms with Gasteiger partial charge in [-0.1, -0.05) is 12.1 Å². The largest absolute Gasteiger partial charge is 0.488 e. The van der Waals surface area contributed by atoms with Crippen molar-refractivity contribution in [3.8, 4) is 5.75 Å². The van der Waals surface area contributed by atoms with Crippen LogP contribution in [0.3, 0.4) is 0 Å². The Kier molecular flexibility index (Phi) is 5.97. The number of likely N-dealkylation sites (tertiary alicyclic amines) is 1. The van der Waals surface area contributed by atoms with Crippen molar-refractivity contribution in [2.75, 3.05) is 38.3 Å². The summed E-state index contributed by atoms with van der Waals surface area (Å²) >= 11 is 0. The highest BCUT2D eigenvalue weighted by atomic mass is 17.2. The van der Waals surface area contributed by atoms with Gasteiger partial charge in [0, 0.05) is 19.3 Å². The fourth-order valence-corrected chi connectivity index (χ4v) is 3.83. The molecule has 1 aromatic heterocycles. The molecule has 8 nitrogen and oxygen atoms in total. The van der Waals surface area contributed by atoms with Gasteiger partial charge in [0.05, 0.1) is 30.5 Å². The predicted octanol–water partition coefficient (Wildman–Crippen LogP) is 2.99. The Balaban J connectivity index is 1.67. The monoisotopic (exact) mass is 409 g/mol. The standard InChI is InChI=1S/C22H23N3O5/c1-28-30-20(15-26)17-7-3-4-8-18(17)25-11-12-29-19-13-16(14-23-21(19)25)22(27)24-9-5-2-6-10-24/h3-4,7-8,13-14H,2,5-6,9-12H2,1H3. The van der Waals surface area contributed by atoms with E-state index in [0.717, 1.165) is 32.4 Å². The second kappa shape index (κ2) is 8.98. The summed E-state index contributed by atoms with van der Waals surface area (Å²) in [5.41, 5.74) is 1.75. The first-order valence-electron chi connectivity index (χ1n) is 9.97. The molecule has 0 bridgehead atoms. The molecule has 1 aromatic carbocycles. The lowest BCUT2D eigenvalue weighted by atomic mass is 10.1. The minimum absolute atomic E-state index is 0.0224. The predicted molar refractivity (Wildman–Crippen MR) is 110 cm³/mol. The van der Waals surface area contributed by atoms with Crippen LogP contribution in [-0.2, 0) is 14.6 Å². The van der Waals surface area contributed by atoms with Crippen LogP contribution < -0.4 is 9.64 Å². The molecular weight excluding hydrogens is 386 g/mol. The lowest BCUT2D eigenvalue weighted by molar-refractivity contribution is -0.206. The lowest BCUT2D eigenvalue weighted by Gasteiger charge is -2.32. The van der Waals surface area contributed by atoms with Gasteiger partial charge in [0.1, 0.15) is 6.61 Å². The topological polar surface area (TPSA) is 81.2 Å². The van der Waals surface area contributed by atoms with Crippen molar-refractivity contribution >= 4 is 29.1 Å². The van der Waals surface area contributed by atoms with Gasteiger partial charge in [0.15, 0.2) is 17.5 Å². The van der Waals surface area contributed by atoms with E-state index < -0.39 is 0 Å².